The summed E-state index contributed by atoms with van der Waals surface area (Å²) in [4.78, 5) is 12.3. The third kappa shape index (κ3) is 2.31. The number of benzene rings is 1. The first kappa shape index (κ1) is 13.1. The van der Waals surface area contributed by atoms with Crippen molar-refractivity contribution in [2.45, 2.75) is 19.4 Å². The van der Waals surface area contributed by atoms with Crippen molar-refractivity contribution in [2.75, 3.05) is 14.2 Å². The first-order valence-electron chi connectivity index (χ1n) is 5.82. The van der Waals surface area contributed by atoms with E-state index in [4.69, 9.17) is 14.6 Å². The highest BCUT2D eigenvalue weighted by atomic mass is 16.5. The molecule has 0 saturated carbocycles. The van der Waals surface area contributed by atoms with Gasteiger partial charge < -0.3 is 14.6 Å². The van der Waals surface area contributed by atoms with Crippen LogP contribution in [-0.2, 0) is 4.79 Å². The van der Waals surface area contributed by atoms with Gasteiger partial charge in [0.05, 0.1) is 14.2 Å². The molecule has 1 heterocycles. The van der Waals surface area contributed by atoms with E-state index in [0.29, 0.717) is 29.0 Å². The molecule has 0 aliphatic heterocycles. The molecule has 0 amide bonds. The molecular weight excluding hydrogens is 250 g/mol. The van der Waals surface area contributed by atoms with Gasteiger partial charge in [-0.2, -0.15) is 15.0 Å². The molecule has 2 rings (SSSR count). The Morgan fingerprint density at radius 2 is 1.74 bits per heavy atom. The highest BCUT2D eigenvalue weighted by Crippen LogP contribution is 2.30. The van der Waals surface area contributed by atoms with Crippen LogP contribution in [0.5, 0.6) is 11.5 Å². The van der Waals surface area contributed by atoms with E-state index in [-0.39, 0.29) is 0 Å². The number of methoxy groups -OCH3 is 2. The lowest BCUT2D eigenvalue weighted by Gasteiger charge is -2.06. The Bertz CT molecular complexity index is 567. The van der Waals surface area contributed by atoms with E-state index in [1.54, 1.807) is 19.1 Å². The summed E-state index contributed by atoms with van der Waals surface area (Å²) in [6, 6.07) is 2.57. The van der Waals surface area contributed by atoms with Crippen molar-refractivity contribution >= 4 is 17.0 Å². The molecule has 0 radical (unpaired) electrons. The first-order chi connectivity index (χ1) is 9.10. The number of carboxylic acids is 1. The van der Waals surface area contributed by atoms with E-state index < -0.39 is 12.0 Å². The molecule has 1 aromatic carbocycles. The molecule has 7 nitrogen and oxygen atoms in total. The average Bonchev–Trinajstić information content (AvgIpc) is 2.79. The number of carboxylic acid groups (broad SMARTS) is 1. The van der Waals surface area contributed by atoms with E-state index in [1.165, 1.54) is 19.0 Å². The summed E-state index contributed by atoms with van der Waals surface area (Å²) in [5, 5.41) is 17.5. The third-order valence-electron chi connectivity index (χ3n) is 2.85. The SMILES string of the molecule is CCC(C(=O)O)n1nc2cc(OC)c(OC)cc2n1. The van der Waals surface area contributed by atoms with E-state index >= 15 is 0 Å². The van der Waals surface area contributed by atoms with Crippen LogP contribution in [0.2, 0.25) is 0 Å². The fourth-order valence-corrected chi connectivity index (χ4v) is 1.84. The lowest BCUT2D eigenvalue weighted by molar-refractivity contribution is -0.141. The maximum absolute atomic E-state index is 11.1. The molecule has 19 heavy (non-hydrogen) atoms. The Balaban J connectivity index is 2.53. The molecule has 2 aromatic rings. The van der Waals surface area contributed by atoms with Gasteiger partial charge in [-0.3, -0.25) is 0 Å². The zero-order chi connectivity index (χ0) is 14.0. The van der Waals surface area contributed by atoms with Gasteiger partial charge in [-0.1, -0.05) is 6.92 Å². The molecule has 0 aliphatic carbocycles. The lowest BCUT2D eigenvalue weighted by atomic mass is 10.2. The van der Waals surface area contributed by atoms with E-state index in [0.717, 1.165) is 0 Å². The van der Waals surface area contributed by atoms with Crippen LogP contribution in [0.4, 0.5) is 0 Å². The maximum Gasteiger partial charge on any atom is 0.330 e. The van der Waals surface area contributed by atoms with Crippen LogP contribution >= 0.6 is 0 Å². The van der Waals surface area contributed by atoms with Gasteiger partial charge in [0.1, 0.15) is 11.0 Å². The van der Waals surface area contributed by atoms with Crippen LogP contribution in [-0.4, -0.2) is 40.3 Å². The van der Waals surface area contributed by atoms with Crippen molar-refractivity contribution in [2.24, 2.45) is 0 Å². The molecule has 0 saturated heterocycles. The zero-order valence-corrected chi connectivity index (χ0v) is 11.0. The minimum Gasteiger partial charge on any atom is -0.493 e. The summed E-state index contributed by atoms with van der Waals surface area (Å²) < 4.78 is 10.3. The van der Waals surface area contributed by atoms with Gasteiger partial charge in [-0.15, -0.1) is 0 Å². The highest BCUT2D eigenvalue weighted by molar-refractivity contribution is 5.79. The number of hydrogen-bond donors (Lipinski definition) is 1. The number of rotatable bonds is 5. The van der Waals surface area contributed by atoms with Crippen LogP contribution in [0.15, 0.2) is 12.1 Å². The lowest BCUT2D eigenvalue weighted by Crippen LogP contribution is -2.20. The second-order valence-corrected chi connectivity index (χ2v) is 3.98. The van der Waals surface area contributed by atoms with Gasteiger partial charge in [-0.25, -0.2) is 4.79 Å². The average molecular weight is 265 g/mol. The Morgan fingerprint density at radius 3 is 2.05 bits per heavy atom. The van der Waals surface area contributed by atoms with E-state index in [9.17, 15) is 4.79 Å². The highest BCUT2D eigenvalue weighted by Gasteiger charge is 2.21. The number of aromatic nitrogens is 3. The second kappa shape index (κ2) is 5.13. The van der Waals surface area contributed by atoms with Gasteiger partial charge in [0, 0.05) is 12.1 Å². The monoisotopic (exact) mass is 265 g/mol. The summed E-state index contributed by atoms with van der Waals surface area (Å²) in [5.41, 5.74) is 1.13. The van der Waals surface area contributed by atoms with Gasteiger partial charge in [0.2, 0.25) is 0 Å². The van der Waals surface area contributed by atoms with Crippen molar-refractivity contribution in [3.05, 3.63) is 12.1 Å². The van der Waals surface area contributed by atoms with Crippen molar-refractivity contribution in [1.82, 2.24) is 15.0 Å². The molecule has 1 aromatic heterocycles. The van der Waals surface area contributed by atoms with Crippen LogP contribution < -0.4 is 9.47 Å². The standard InChI is InChI=1S/C12H15N3O4/c1-4-9(12(16)17)15-13-7-5-10(18-2)11(19-3)6-8(7)14-15/h5-6,9H,4H2,1-3H3,(H,16,17). The quantitative estimate of drug-likeness (QED) is 0.881. The van der Waals surface area contributed by atoms with Gasteiger partial charge in [0.25, 0.3) is 0 Å². The first-order valence-corrected chi connectivity index (χ1v) is 5.82. The van der Waals surface area contributed by atoms with E-state index in [2.05, 4.69) is 10.2 Å². The second-order valence-electron chi connectivity index (χ2n) is 3.98. The Hall–Kier alpha value is -2.31. The minimum atomic E-state index is -0.957. The smallest absolute Gasteiger partial charge is 0.330 e. The largest absolute Gasteiger partial charge is 0.493 e. The van der Waals surface area contributed by atoms with Gasteiger partial charge in [0.15, 0.2) is 17.5 Å². The number of nitrogens with zero attached hydrogens (tertiary/aromatic N) is 3. The third-order valence-corrected chi connectivity index (χ3v) is 2.85. The van der Waals surface area contributed by atoms with Gasteiger partial charge >= 0.3 is 5.97 Å². The van der Waals surface area contributed by atoms with Crippen LogP contribution in [0.25, 0.3) is 11.0 Å². The number of fused-ring (bicyclic) bond motifs is 1. The number of hydrogen-bond acceptors (Lipinski definition) is 5. The van der Waals surface area contributed by atoms with Crippen molar-refractivity contribution in [1.29, 1.82) is 0 Å². The van der Waals surface area contributed by atoms with Crippen LogP contribution in [0.1, 0.15) is 19.4 Å². The summed E-state index contributed by atoms with van der Waals surface area (Å²) in [5.74, 6) is 0.109. The minimum absolute atomic E-state index is 0.407. The molecular formula is C12H15N3O4. The van der Waals surface area contributed by atoms with Crippen molar-refractivity contribution < 1.29 is 19.4 Å². The predicted molar refractivity (Wildman–Crippen MR) is 67.6 cm³/mol. The van der Waals surface area contributed by atoms with E-state index in [1.807, 2.05) is 0 Å². The summed E-state index contributed by atoms with van der Waals surface area (Å²) in [6.07, 6.45) is 0.407. The predicted octanol–water partition coefficient (Wildman–Crippen LogP) is 1.48. The fourth-order valence-electron chi connectivity index (χ4n) is 1.84. The zero-order valence-electron chi connectivity index (χ0n) is 11.0. The normalized spacial score (nSPS) is 12.4. The molecule has 0 spiro atoms. The molecule has 0 aliphatic rings. The Labute approximate surface area is 109 Å². The van der Waals surface area contributed by atoms with Crippen molar-refractivity contribution in [3.63, 3.8) is 0 Å². The summed E-state index contributed by atoms with van der Waals surface area (Å²) in [6.45, 7) is 1.77. The molecule has 7 heteroatoms. The molecule has 1 N–H and O–H groups in total. The molecule has 0 fully saturated rings. The molecule has 102 valence electrons. The van der Waals surface area contributed by atoms with Crippen LogP contribution in [0, 0.1) is 0 Å². The summed E-state index contributed by atoms with van der Waals surface area (Å²) in [7, 11) is 3.06. The number of carbonyl (C=O) groups is 1. The molecule has 1 atom stereocenters. The summed E-state index contributed by atoms with van der Waals surface area (Å²) >= 11 is 0. The molecule has 0 bridgehead atoms. The maximum atomic E-state index is 11.1. The topological polar surface area (TPSA) is 86.5 Å². The van der Waals surface area contributed by atoms with Crippen molar-refractivity contribution in [3.8, 4) is 11.5 Å². The van der Waals surface area contributed by atoms with Crippen LogP contribution in [0.3, 0.4) is 0 Å². The van der Waals surface area contributed by atoms with Gasteiger partial charge in [-0.05, 0) is 6.42 Å². The Morgan fingerprint density at radius 1 is 1.26 bits per heavy atom. The molecule has 1 unspecified atom stereocenters. The Kier molecular flexibility index (Phi) is 3.55. The number of ether oxygens (including phenoxy) is 2. The fraction of sp³-hybridized carbons (Fsp3) is 0.417. The number of aliphatic carboxylic acids is 1.